The standard InChI is InChI=1S/C26H28N2O5/c29-24(28-23(25(30)31)15-9-10-15)16-11-12-17(13-16)27-26(32)33-14-22-20-7-3-1-5-18(20)19-6-2-4-8-21(19)22/h1-8,15-17,22-23H,9-14H2,(H,27,32)(H,28,29)(H,30,31)/t16-,17+,23?/m1/s1. The number of aliphatic carboxylic acids is 1. The van der Waals surface area contributed by atoms with Crippen molar-refractivity contribution in [2.24, 2.45) is 11.8 Å². The number of alkyl carbamates (subject to hydrolysis) is 1. The zero-order chi connectivity index (χ0) is 22.9. The lowest BCUT2D eigenvalue weighted by molar-refractivity contribution is -0.143. The van der Waals surface area contributed by atoms with Gasteiger partial charge in [-0.25, -0.2) is 9.59 Å². The number of carboxylic acid groups (broad SMARTS) is 1. The molecule has 2 saturated carbocycles. The molecule has 0 aromatic heterocycles. The van der Waals surface area contributed by atoms with Crippen molar-refractivity contribution in [2.45, 2.75) is 50.1 Å². The highest BCUT2D eigenvalue weighted by Gasteiger charge is 2.40. The number of carbonyl (C=O) groups excluding carboxylic acids is 2. The van der Waals surface area contributed by atoms with E-state index in [0.29, 0.717) is 19.3 Å². The lowest BCUT2D eigenvalue weighted by atomic mass is 9.98. The number of hydrogen-bond acceptors (Lipinski definition) is 4. The number of rotatable bonds is 7. The van der Waals surface area contributed by atoms with Crippen molar-refractivity contribution < 1.29 is 24.2 Å². The van der Waals surface area contributed by atoms with Crippen LogP contribution in [0.2, 0.25) is 0 Å². The van der Waals surface area contributed by atoms with Crippen LogP contribution in [0.4, 0.5) is 4.79 Å². The molecule has 3 atom stereocenters. The molecule has 3 N–H and O–H groups in total. The number of nitrogens with one attached hydrogen (secondary N) is 2. The molecule has 172 valence electrons. The number of carbonyl (C=O) groups is 3. The summed E-state index contributed by atoms with van der Waals surface area (Å²) in [4.78, 5) is 36.4. The maximum atomic E-state index is 12.5. The van der Waals surface area contributed by atoms with Gasteiger partial charge in [0.1, 0.15) is 12.6 Å². The van der Waals surface area contributed by atoms with Crippen LogP contribution in [-0.2, 0) is 14.3 Å². The smallest absolute Gasteiger partial charge is 0.407 e. The second kappa shape index (κ2) is 8.89. The molecule has 0 saturated heterocycles. The normalized spacial score (nSPS) is 22.2. The number of hydrogen-bond donors (Lipinski definition) is 3. The molecule has 0 aliphatic heterocycles. The van der Waals surface area contributed by atoms with Gasteiger partial charge >= 0.3 is 12.1 Å². The molecular formula is C26H28N2O5. The molecule has 2 fully saturated rings. The minimum absolute atomic E-state index is 0.000584. The number of amides is 2. The Kier molecular flexibility index (Phi) is 5.79. The third-order valence-electron chi connectivity index (χ3n) is 7.13. The lowest BCUT2D eigenvalue weighted by Crippen LogP contribution is -2.45. The predicted molar refractivity (Wildman–Crippen MR) is 122 cm³/mol. The first-order chi connectivity index (χ1) is 16.0. The van der Waals surface area contributed by atoms with E-state index < -0.39 is 18.1 Å². The van der Waals surface area contributed by atoms with E-state index in [-0.39, 0.29) is 36.3 Å². The van der Waals surface area contributed by atoms with Crippen molar-refractivity contribution in [1.82, 2.24) is 10.6 Å². The van der Waals surface area contributed by atoms with Gasteiger partial charge < -0.3 is 20.5 Å². The van der Waals surface area contributed by atoms with E-state index in [4.69, 9.17) is 4.74 Å². The molecule has 2 aromatic carbocycles. The van der Waals surface area contributed by atoms with Gasteiger partial charge in [-0.1, -0.05) is 48.5 Å². The molecule has 0 bridgehead atoms. The van der Waals surface area contributed by atoms with E-state index >= 15 is 0 Å². The number of carboxylic acids is 1. The predicted octanol–water partition coefficient (Wildman–Crippen LogP) is 3.67. The third kappa shape index (κ3) is 4.45. The van der Waals surface area contributed by atoms with E-state index in [0.717, 1.165) is 24.0 Å². The van der Waals surface area contributed by atoms with Gasteiger partial charge in [0.2, 0.25) is 5.91 Å². The fourth-order valence-corrected chi connectivity index (χ4v) is 5.24. The highest BCUT2D eigenvalue weighted by Crippen LogP contribution is 2.44. The second-order valence-corrected chi connectivity index (χ2v) is 9.34. The van der Waals surface area contributed by atoms with E-state index in [1.165, 1.54) is 11.1 Å². The highest BCUT2D eigenvalue weighted by molar-refractivity contribution is 5.85. The van der Waals surface area contributed by atoms with Crippen molar-refractivity contribution in [3.63, 3.8) is 0 Å². The van der Waals surface area contributed by atoms with Gasteiger partial charge in [-0.05, 0) is 60.3 Å². The molecule has 33 heavy (non-hydrogen) atoms. The van der Waals surface area contributed by atoms with Crippen LogP contribution in [0.3, 0.4) is 0 Å². The van der Waals surface area contributed by atoms with Crippen LogP contribution in [0.15, 0.2) is 48.5 Å². The summed E-state index contributed by atoms with van der Waals surface area (Å²) in [6.45, 7) is 0.248. The van der Waals surface area contributed by atoms with E-state index in [2.05, 4.69) is 34.9 Å². The van der Waals surface area contributed by atoms with Gasteiger partial charge in [0.05, 0.1) is 0 Å². The minimum atomic E-state index is -0.975. The Bertz CT molecular complexity index is 1030. The Balaban J connectivity index is 1.13. The molecular weight excluding hydrogens is 420 g/mol. The summed E-state index contributed by atoms with van der Waals surface area (Å²) < 4.78 is 5.60. The average Bonchev–Trinajstić information content (AvgIpc) is 3.46. The Morgan fingerprint density at radius 3 is 2.18 bits per heavy atom. The maximum absolute atomic E-state index is 12.5. The summed E-state index contributed by atoms with van der Waals surface area (Å²) in [7, 11) is 0. The number of benzene rings is 2. The van der Waals surface area contributed by atoms with Gasteiger partial charge in [-0.15, -0.1) is 0 Å². The van der Waals surface area contributed by atoms with Crippen LogP contribution >= 0.6 is 0 Å². The van der Waals surface area contributed by atoms with Gasteiger partial charge in [0.25, 0.3) is 0 Å². The summed E-state index contributed by atoms with van der Waals surface area (Å²) in [5.74, 6) is -1.45. The van der Waals surface area contributed by atoms with Crippen LogP contribution < -0.4 is 10.6 Å². The van der Waals surface area contributed by atoms with Crippen molar-refractivity contribution in [2.75, 3.05) is 6.61 Å². The SMILES string of the molecule is O=C(N[C@H]1CC[C@@H](C(=O)NC(C(=O)O)C2CC2)C1)OCC1c2ccccc2-c2ccccc21. The van der Waals surface area contributed by atoms with Gasteiger partial charge in [0.15, 0.2) is 0 Å². The topological polar surface area (TPSA) is 105 Å². The zero-order valence-electron chi connectivity index (χ0n) is 18.3. The molecule has 3 aliphatic carbocycles. The molecule has 0 spiro atoms. The van der Waals surface area contributed by atoms with E-state index in [1.807, 2.05) is 24.3 Å². The van der Waals surface area contributed by atoms with Crippen molar-refractivity contribution in [1.29, 1.82) is 0 Å². The monoisotopic (exact) mass is 448 g/mol. The summed E-state index contributed by atoms with van der Waals surface area (Å²) in [6, 6.07) is 15.4. The van der Waals surface area contributed by atoms with Gasteiger partial charge in [0, 0.05) is 17.9 Å². The summed E-state index contributed by atoms with van der Waals surface area (Å²) in [6.07, 6.45) is 2.99. The molecule has 5 rings (SSSR count). The fourth-order valence-electron chi connectivity index (χ4n) is 5.24. The van der Waals surface area contributed by atoms with Crippen LogP contribution in [0.5, 0.6) is 0 Å². The van der Waals surface area contributed by atoms with E-state index in [9.17, 15) is 19.5 Å². The van der Waals surface area contributed by atoms with Crippen LogP contribution in [0, 0.1) is 11.8 Å². The molecule has 7 heteroatoms. The molecule has 2 aromatic rings. The van der Waals surface area contributed by atoms with Gasteiger partial charge in [-0.3, -0.25) is 4.79 Å². The Labute approximate surface area is 192 Å². The van der Waals surface area contributed by atoms with Crippen molar-refractivity contribution >= 4 is 18.0 Å². The first kappa shape index (κ1) is 21.5. The molecule has 0 heterocycles. The molecule has 3 aliphatic rings. The number of ether oxygens (including phenoxy) is 1. The molecule has 1 unspecified atom stereocenters. The average molecular weight is 449 g/mol. The van der Waals surface area contributed by atoms with E-state index in [1.54, 1.807) is 0 Å². The zero-order valence-corrected chi connectivity index (χ0v) is 18.3. The summed E-state index contributed by atoms with van der Waals surface area (Å²) in [5.41, 5.74) is 4.68. The maximum Gasteiger partial charge on any atom is 0.407 e. The summed E-state index contributed by atoms with van der Waals surface area (Å²) in [5, 5.41) is 14.9. The minimum Gasteiger partial charge on any atom is -0.480 e. The highest BCUT2D eigenvalue weighted by atomic mass is 16.5. The quantitative estimate of drug-likeness (QED) is 0.599. The Hall–Kier alpha value is -3.35. The van der Waals surface area contributed by atoms with Crippen molar-refractivity contribution in [3.05, 3.63) is 59.7 Å². The van der Waals surface area contributed by atoms with Gasteiger partial charge in [-0.2, -0.15) is 0 Å². The molecule has 0 radical (unpaired) electrons. The van der Waals surface area contributed by atoms with Crippen LogP contribution in [0.1, 0.15) is 49.1 Å². The second-order valence-electron chi connectivity index (χ2n) is 9.34. The summed E-state index contributed by atoms with van der Waals surface area (Å²) >= 11 is 0. The lowest BCUT2D eigenvalue weighted by Gasteiger charge is -2.18. The molecule has 7 nitrogen and oxygen atoms in total. The third-order valence-corrected chi connectivity index (χ3v) is 7.13. The van der Waals surface area contributed by atoms with Crippen LogP contribution in [0.25, 0.3) is 11.1 Å². The largest absolute Gasteiger partial charge is 0.480 e. The fraction of sp³-hybridized carbons (Fsp3) is 0.423. The molecule has 2 amide bonds. The first-order valence-electron chi connectivity index (χ1n) is 11.7. The number of fused-ring (bicyclic) bond motifs is 3. The van der Waals surface area contributed by atoms with Crippen molar-refractivity contribution in [3.8, 4) is 11.1 Å². The Morgan fingerprint density at radius 2 is 1.58 bits per heavy atom. The van der Waals surface area contributed by atoms with Crippen LogP contribution in [-0.4, -0.2) is 41.8 Å². The Morgan fingerprint density at radius 1 is 0.939 bits per heavy atom. The first-order valence-corrected chi connectivity index (χ1v) is 11.7.